The van der Waals surface area contributed by atoms with E-state index in [2.05, 4.69) is 29.7 Å². The van der Waals surface area contributed by atoms with Gasteiger partial charge in [0.2, 0.25) is 0 Å². The number of nitrogens with zero attached hydrogens (tertiary/aromatic N) is 1. The van der Waals surface area contributed by atoms with Crippen LogP contribution in [0.4, 0.5) is 0 Å². The van der Waals surface area contributed by atoms with Gasteiger partial charge < -0.3 is 10.6 Å². The first-order chi connectivity index (χ1) is 8.88. The number of nitrogens with one attached hydrogen (secondary N) is 2. The highest BCUT2D eigenvalue weighted by Crippen LogP contribution is 2.25. The van der Waals surface area contributed by atoms with Crippen LogP contribution in [0.25, 0.3) is 0 Å². The lowest BCUT2D eigenvalue weighted by molar-refractivity contribution is 0.314. The second-order valence-corrected chi connectivity index (χ2v) is 5.55. The van der Waals surface area contributed by atoms with Gasteiger partial charge in [-0.25, -0.2) is 0 Å². The SMILES string of the molecule is CCNC(=NCC1CC=CCC1)NCC1CCC1.I. The lowest BCUT2D eigenvalue weighted by Gasteiger charge is -2.26. The predicted molar refractivity (Wildman–Crippen MR) is 93.2 cm³/mol. The van der Waals surface area contributed by atoms with Crippen molar-refractivity contribution in [1.82, 2.24) is 10.6 Å². The molecular weight excluding hydrogens is 349 g/mol. The molecule has 1 unspecified atom stereocenters. The molecule has 0 saturated heterocycles. The summed E-state index contributed by atoms with van der Waals surface area (Å²) in [6, 6.07) is 0. The van der Waals surface area contributed by atoms with Gasteiger partial charge in [-0.3, -0.25) is 4.99 Å². The molecule has 4 heteroatoms. The van der Waals surface area contributed by atoms with Crippen molar-refractivity contribution in [3.05, 3.63) is 12.2 Å². The molecule has 2 aliphatic rings. The highest BCUT2D eigenvalue weighted by molar-refractivity contribution is 14.0. The molecule has 0 aromatic carbocycles. The fourth-order valence-corrected chi connectivity index (χ4v) is 2.52. The van der Waals surface area contributed by atoms with E-state index < -0.39 is 0 Å². The largest absolute Gasteiger partial charge is 0.357 e. The van der Waals surface area contributed by atoms with E-state index in [-0.39, 0.29) is 24.0 Å². The first kappa shape index (κ1) is 16.8. The molecule has 0 heterocycles. The fourth-order valence-electron chi connectivity index (χ4n) is 2.52. The van der Waals surface area contributed by atoms with E-state index in [0.717, 1.165) is 37.4 Å². The van der Waals surface area contributed by atoms with Crippen molar-refractivity contribution in [3.63, 3.8) is 0 Å². The predicted octanol–water partition coefficient (Wildman–Crippen LogP) is 3.32. The van der Waals surface area contributed by atoms with Crippen LogP contribution in [0.2, 0.25) is 0 Å². The van der Waals surface area contributed by atoms with Gasteiger partial charge in [-0.2, -0.15) is 0 Å². The molecule has 2 N–H and O–H groups in total. The van der Waals surface area contributed by atoms with Gasteiger partial charge in [0.25, 0.3) is 0 Å². The Bertz CT molecular complexity index is 298. The quantitative estimate of drug-likeness (QED) is 0.334. The van der Waals surface area contributed by atoms with Crippen molar-refractivity contribution in [1.29, 1.82) is 0 Å². The number of aliphatic imine (C=N–C) groups is 1. The van der Waals surface area contributed by atoms with Crippen LogP contribution in [0.1, 0.15) is 45.4 Å². The lowest BCUT2D eigenvalue weighted by atomic mass is 9.85. The number of hydrogen-bond donors (Lipinski definition) is 2. The van der Waals surface area contributed by atoms with E-state index in [1.807, 2.05) is 0 Å². The Kier molecular flexibility index (Phi) is 8.50. The Morgan fingerprint density at radius 2 is 2.00 bits per heavy atom. The zero-order chi connectivity index (χ0) is 12.6. The van der Waals surface area contributed by atoms with Crippen molar-refractivity contribution < 1.29 is 0 Å². The van der Waals surface area contributed by atoms with Gasteiger partial charge >= 0.3 is 0 Å². The molecule has 0 aromatic rings. The smallest absolute Gasteiger partial charge is 0.191 e. The van der Waals surface area contributed by atoms with Crippen molar-refractivity contribution in [2.24, 2.45) is 16.8 Å². The van der Waals surface area contributed by atoms with Crippen LogP contribution in [0.3, 0.4) is 0 Å². The number of allylic oxidation sites excluding steroid dienone is 2. The monoisotopic (exact) mass is 377 g/mol. The van der Waals surface area contributed by atoms with E-state index in [4.69, 9.17) is 4.99 Å². The van der Waals surface area contributed by atoms with Crippen LogP contribution in [0.15, 0.2) is 17.1 Å². The Morgan fingerprint density at radius 1 is 1.16 bits per heavy atom. The summed E-state index contributed by atoms with van der Waals surface area (Å²) < 4.78 is 0. The van der Waals surface area contributed by atoms with Crippen molar-refractivity contribution in [3.8, 4) is 0 Å². The molecule has 0 amide bonds. The maximum absolute atomic E-state index is 4.73. The van der Waals surface area contributed by atoms with Gasteiger partial charge in [-0.05, 0) is 50.9 Å². The average molecular weight is 377 g/mol. The normalized spacial score (nSPS) is 23.4. The fraction of sp³-hybridized carbons (Fsp3) is 0.800. The second-order valence-electron chi connectivity index (χ2n) is 5.55. The summed E-state index contributed by atoms with van der Waals surface area (Å²) in [5.41, 5.74) is 0. The minimum atomic E-state index is 0. The molecule has 1 saturated carbocycles. The first-order valence-electron chi connectivity index (χ1n) is 7.55. The Labute approximate surface area is 134 Å². The molecule has 0 radical (unpaired) electrons. The van der Waals surface area contributed by atoms with Gasteiger partial charge in [-0.1, -0.05) is 18.6 Å². The van der Waals surface area contributed by atoms with Gasteiger partial charge in [0.15, 0.2) is 5.96 Å². The van der Waals surface area contributed by atoms with Gasteiger partial charge in [0, 0.05) is 19.6 Å². The molecule has 1 atom stereocenters. The number of guanidine groups is 1. The summed E-state index contributed by atoms with van der Waals surface area (Å²) in [5.74, 6) is 2.64. The van der Waals surface area contributed by atoms with Crippen molar-refractivity contribution in [2.75, 3.05) is 19.6 Å². The van der Waals surface area contributed by atoms with Crippen LogP contribution in [-0.2, 0) is 0 Å². The molecule has 0 aliphatic heterocycles. The van der Waals surface area contributed by atoms with E-state index in [0.29, 0.717) is 0 Å². The summed E-state index contributed by atoms with van der Waals surface area (Å²) >= 11 is 0. The summed E-state index contributed by atoms with van der Waals surface area (Å²) in [4.78, 5) is 4.73. The second kappa shape index (κ2) is 9.61. The summed E-state index contributed by atoms with van der Waals surface area (Å²) in [6.45, 7) is 5.13. The third-order valence-corrected chi connectivity index (χ3v) is 4.01. The molecule has 110 valence electrons. The zero-order valence-corrected chi connectivity index (χ0v) is 14.4. The van der Waals surface area contributed by atoms with Crippen LogP contribution in [0, 0.1) is 11.8 Å². The van der Waals surface area contributed by atoms with E-state index in [1.54, 1.807) is 0 Å². The molecule has 3 nitrogen and oxygen atoms in total. The average Bonchev–Trinajstić information content (AvgIpc) is 2.35. The Morgan fingerprint density at radius 3 is 2.58 bits per heavy atom. The molecule has 2 aliphatic carbocycles. The van der Waals surface area contributed by atoms with Crippen molar-refractivity contribution in [2.45, 2.75) is 45.4 Å². The van der Waals surface area contributed by atoms with Crippen molar-refractivity contribution >= 4 is 29.9 Å². The van der Waals surface area contributed by atoms with Crippen LogP contribution in [0.5, 0.6) is 0 Å². The zero-order valence-electron chi connectivity index (χ0n) is 12.0. The topological polar surface area (TPSA) is 36.4 Å². The third kappa shape index (κ3) is 6.15. The molecule has 0 spiro atoms. The highest BCUT2D eigenvalue weighted by atomic mass is 127. The summed E-state index contributed by atoms with van der Waals surface area (Å²) in [7, 11) is 0. The van der Waals surface area contributed by atoms with Crippen LogP contribution < -0.4 is 10.6 Å². The van der Waals surface area contributed by atoms with E-state index >= 15 is 0 Å². The highest BCUT2D eigenvalue weighted by Gasteiger charge is 2.17. The van der Waals surface area contributed by atoms with Crippen LogP contribution in [-0.4, -0.2) is 25.6 Å². The minimum absolute atomic E-state index is 0. The maximum Gasteiger partial charge on any atom is 0.191 e. The molecule has 19 heavy (non-hydrogen) atoms. The minimum Gasteiger partial charge on any atom is -0.357 e. The molecule has 1 fully saturated rings. The third-order valence-electron chi connectivity index (χ3n) is 4.01. The summed E-state index contributed by atoms with van der Waals surface area (Å²) in [6.07, 6.45) is 12.5. The molecular formula is C15H28IN3. The van der Waals surface area contributed by atoms with E-state index in [1.165, 1.54) is 38.5 Å². The number of rotatable bonds is 5. The van der Waals surface area contributed by atoms with Gasteiger partial charge in [-0.15, -0.1) is 24.0 Å². The lowest BCUT2D eigenvalue weighted by Crippen LogP contribution is -2.41. The Balaban J connectivity index is 0.00000180. The standard InChI is InChI=1S/C15H27N3.HI/c1-2-16-15(18-12-14-9-6-10-14)17-11-13-7-4-3-5-8-13;/h3-4,13-14H,2,5-12H2,1H3,(H2,16,17,18);1H. The van der Waals surface area contributed by atoms with Gasteiger partial charge in [0.05, 0.1) is 0 Å². The molecule has 0 aromatic heterocycles. The first-order valence-corrected chi connectivity index (χ1v) is 7.55. The summed E-state index contributed by atoms with van der Waals surface area (Å²) in [5, 5.41) is 6.83. The van der Waals surface area contributed by atoms with E-state index in [9.17, 15) is 0 Å². The van der Waals surface area contributed by atoms with Crippen LogP contribution >= 0.6 is 24.0 Å². The number of halogens is 1. The molecule has 0 bridgehead atoms. The molecule has 2 rings (SSSR count). The van der Waals surface area contributed by atoms with Gasteiger partial charge in [0.1, 0.15) is 0 Å². The Hall–Kier alpha value is -0.260. The number of hydrogen-bond acceptors (Lipinski definition) is 1. The maximum atomic E-state index is 4.73.